The van der Waals surface area contributed by atoms with Gasteiger partial charge in [0.15, 0.2) is 0 Å². The van der Waals surface area contributed by atoms with E-state index in [2.05, 4.69) is 5.32 Å². The van der Waals surface area contributed by atoms with Gasteiger partial charge in [0, 0.05) is 12.6 Å². The first-order valence-electron chi connectivity index (χ1n) is 2.87. The van der Waals surface area contributed by atoms with Gasteiger partial charge in [-0.3, -0.25) is 0 Å². The van der Waals surface area contributed by atoms with Crippen LogP contribution in [0.4, 0.5) is 0 Å². The summed E-state index contributed by atoms with van der Waals surface area (Å²) in [7, 11) is 0. The normalized spacial score (nSPS) is 10.3. The lowest BCUT2D eigenvalue weighted by molar-refractivity contribution is -0.131. The molecule has 0 saturated heterocycles. The Labute approximate surface area is 54.4 Å². The number of rotatable bonds is 4. The Kier molecular flexibility index (Phi) is 4.82. The number of aliphatic carboxylic acids is 1. The third-order valence-corrected chi connectivity index (χ3v) is 0.773. The summed E-state index contributed by atoms with van der Waals surface area (Å²) in [5.41, 5.74) is 0. The zero-order chi connectivity index (χ0) is 7.11. The lowest BCUT2D eigenvalue weighted by Gasteiger charge is -1.90. The van der Waals surface area contributed by atoms with Gasteiger partial charge in [-0.25, -0.2) is 4.79 Å². The molecule has 0 rings (SSSR count). The molecule has 0 unspecified atom stereocenters. The molecular weight excluding hydrogens is 118 g/mol. The molecule has 0 aromatic heterocycles. The Balaban J connectivity index is 3.15. The monoisotopic (exact) mass is 129 g/mol. The Morgan fingerprint density at radius 2 is 2.44 bits per heavy atom. The third-order valence-electron chi connectivity index (χ3n) is 0.773. The largest absolute Gasteiger partial charge is 0.478 e. The smallest absolute Gasteiger partial charge is 0.328 e. The minimum atomic E-state index is -0.895. The maximum absolute atomic E-state index is 9.85. The van der Waals surface area contributed by atoms with Crippen molar-refractivity contribution < 1.29 is 9.90 Å². The minimum absolute atomic E-state index is 0.628. The lowest BCUT2D eigenvalue weighted by atomic mass is 10.5. The van der Waals surface area contributed by atoms with Crippen molar-refractivity contribution in [1.29, 1.82) is 0 Å². The van der Waals surface area contributed by atoms with Gasteiger partial charge in [-0.1, -0.05) is 13.0 Å². The molecule has 2 N–H and O–H groups in total. The zero-order valence-corrected chi connectivity index (χ0v) is 5.42. The van der Waals surface area contributed by atoms with E-state index in [-0.39, 0.29) is 0 Å². The van der Waals surface area contributed by atoms with Crippen molar-refractivity contribution in [2.45, 2.75) is 6.92 Å². The number of nitrogens with one attached hydrogen (secondary N) is 1. The summed E-state index contributed by atoms with van der Waals surface area (Å²) in [6.07, 6.45) is 2.70. The first-order chi connectivity index (χ1) is 4.27. The van der Waals surface area contributed by atoms with Crippen molar-refractivity contribution in [2.24, 2.45) is 0 Å². The lowest BCUT2D eigenvalue weighted by Crippen LogP contribution is -2.11. The average Bonchev–Trinajstić information content (AvgIpc) is 1.80. The van der Waals surface area contributed by atoms with Crippen molar-refractivity contribution in [3.63, 3.8) is 0 Å². The van der Waals surface area contributed by atoms with Gasteiger partial charge >= 0.3 is 5.97 Å². The fraction of sp³-hybridized carbons (Fsp3) is 0.500. The summed E-state index contributed by atoms with van der Waals surface area (Å²) in [5, 5.41) is 11.1. The first kappa shape index (κ1) is 8.17. The summed E-state index contributed by atoms with van der Waals surface area (Å²) in [4.78, 5) is 9.85. The maximum atomic E-state index is 9.85. The Morgan fingerprint density at radius 3 is 2.89 bits per heavy atom. The number of carbonyl (C=O) groups is 1. The molecule has 0 heterocycles. The molecule has 0 amide bonds. The van der Waals surface area contributed by atoms with Gasteiger partial charge < -0.3 is 10.4 Å². The van der Waals surface area contributed by atoms with Crippen LogP contribution in [0.3, 0.4) is 0 Å². The summed E-state index contributed by atoms with van der Waals surface area (Å²) in [5.74, 6) is -0.895. The standard InChI is InChI=1S/C6H11NO2/c1-2-7-5-3-4-6(8)9/h3-4,7H,2,5H2,1H3,(H,8,9)/b4-3-. The van der Waals surface area contributed by atoms with E-state index in [1.807, 2.05) is 6.92 Å². The maximum Gasteiger partial charge on any atom is 0.328 e. The molecule has 0 saturated carbocycles. The van der Waals surface area contributed by atoms with E-state index in [0.29, 0.717) is 6.54 Å². The highest BCUT2D eigenvalue weighted by Crippen LogP contribution is 1.69. The Morgan fingerprint density at radius 1 is 1.78 bits per heavy atom. The summed E-state index contributed by atoms with van der Waals surface area (Å²) < 4.78 is 0. The number of hydrogen-bond acceptors (Lipinski definition) is 2. The van der Waals surface area contributed by atoms with Gasteiger partial charge in [0.25, 0.3) is 0 Å². The summed E-state index contributed by atoms with van der Waals surface area (Å²) in [6, 6.07) is 0. The van der Waals surface area contributed by atoms with Crippen LogP contribution in [0.1, 0.15) is 6.92 Å². The molecule has 0 bridgehead atoms. The molecule has 0 atom stereocenters. The minimum Gasteiger partial charge on any atom is -0.478 e. The first-order valence-corrected chi connectivity index (χ1v) is 2.87. The van der Waals surface area contributed by atoms with Crippen LogP contribution in [-0.4, -0.2) is 24.2 Å². The van der Waals surface area contributed by atoms with Crippen LogP contribution >= 0.6 is 0 Å². The molecule has 52 valence electrons. The van der Waals surface area contributed by atoms with Crippen molar-refractivity contribution in [3.8, 4) is 0 Å². The van der Waals surface area contributed by atoms with Crippen molar-refractivity contribution in [1.82, 2.24) is 5.32 Å². The molecule has 0 aromatic rings. The molecule has 0 aliphatic rings. The Hall–Kier alpha value is -0.830. The fourth-order valence-corrected chi connectivity index (χ4v) is 0.387. The molecule has 9 heavy (non-hydrogen) atoms. The van der Waals surface area contributed by atoms with Crippen LogP contribution in [-0.2, 0) is 4.79 Å². The van der Waals surface area contributed by atoms with E-state index in [0.717, 1.165) is 12.6 Å². The second kappa shape index (κ2) is 5.31. The van der Waals surface area contributed by atoms with E-state index in [9.17, 15) is 4.79 Å². The Bertz CT molecular complexity index is 110. The molecule has 0 fully saturated rings. The van der Waals surface area contributed by atoms with Crippen molar-refractivity contribution in [2.75, 3.05) is 13.1 Å². The van der Waals surface area contributed by atoms with Crippen LogP contribution in [0.15, 0.2) is 12.2 Å². The number of likely N-dealkylation sites (N-methyl/N-ethyl adjacent to an activating group) is 1. The highest BCUT2D eigenvalue weighted by atomic mass is 16.4. The third kappa shape index (κ3) is 7.17. The zero-order valence-electron chi connectivity index (χ0n) is 5.42. The van der Waals surface area contributed by atoms with Crippen molar-refractivity contribution in [3.05, 3.63) is 12.2 Å². The van der Waals surface area contributed by atoms with E-state index >= 15 is 0 Å². The van der Waals surface area contributed by atoms with Crippen LogP contribution in [0.2, 0.25) is 0 Å². The molecule has 0 spiro atoms. The van der Waals surface area contributed by atoms with E-state index in [1.165, 1.54) is 0 Å². The molecule has 3 heteroatoms. The van der Waals surface area contributed by atoms with Crippen molar-refractivity contribution >= 4 is 5.97 Å². The summed E-state index contributed by atoms with van der Waals surface area (Å²) >= 11 is 0. The quantitative estimate of drug-likeness (QED) is 0.422. The number of carboxylic acids is 1. The van der Waals surface area contributed by atoms with E-state index in [4.69, 9.17) is 5.11 Å². The second-order valence-corrected chi connectivity index (χ2v) is 1.55. The van der Waals surface area contributed by atoms with E-state index < -0.39 is 5.97 Å². The SMILES string of the molecule is CCNC/C=C\C(=O)O. The van der Waals surface area contributed by atoms with Crippen LogP contribution in [0, 0.1) is 0 Å². The molecular formula is C6H11NO2. The van der Waals surface area contributed by atoms with Gasteiger partial charge in [-0.15, -0.1) is 0 Å². The van der Waals surface area contributed by atoms with Gasteiger partial charge in [0.2, 0.25) is 0 Å². The highest BCUT2D eigenvalue weighted by molar-refractivity contribution is 5.79. The van der Waals surface area contributed by atoms with E-state index in [1.54, 1.807) is 6.08 Å². The number of hydrogen-bond donors (Lipinski definition) is 2. The van der Waals surface area contributed by atoms with Gasteiger partial charge in [-0.05, 0) is 6.54 Å². The number of carboxylic acid groups (broad SMARTS) is 1. The van der Waals surface area contributed by atoms with Crippen LogP contribution in [0.25, 0.3) is 0 Å². The predicted molar refractivity (Wildman–Crippen MR) is 35.3 cm³/mol. The molecule has 0 aromatic carbocycles. The highest BCUT2D eigenvalue weighted by Gasteiger charge is 1.81. The van der Waals surface area contributed by atoms with Gasteiger partial charge in [0.05, 0.1) is 0 Å². The average molecular weight is 129 g/mol. The molecule has 0 radical (unpaired) electrons. The molecule has 0 aliphatic carbocycles. The molecule has 3 nitrogen and oxygen atoms in total. The van der Waals surface area contributed by atoms with Crippen LogP contribution < -0.4 is 5.32 Å². The molecule has 0 aliphatic heterocycles. The van der Waals surface area contributed by atoms with Gasteiger partial charge in [0.1, 0.15) is 0 Å². The predicted octanol–water partition coefficient (Wildman–Crippen LogP) is 0.237. The van der Waals surface area contributed by atoms with Crippen LogP contribution in [0.5, 0.6) is 0 Å². The second-order valence-electron chi connectivity index (χ2n) is 1.55. The summed E-state index contributed by atoms with van der Waals surface area (Å²) in [6.45, 7) is 3.46. The van der Waals surface area contributed by atoms with Gasteiger partial charge in [-0.2, -0.15) is 0 Å². The topological polar surface area (TPSA) is 49.3 Å². The fourth-order valence-electron chi connectivity index (χ4n) is 0.387.